The lowest BCUT2D eigenvalue weighted by Gasteiger charge is -2.03. The van der Waals surface area contributed by atoms with Crippen molar-refractivity contribution in [1.29, 1.82) is 0 Å². The van der Waals surface area contributed by atoms with Crippen LogP contribution in [0.25, 0.3) is 5.65 Å². The molecule has 13 heavy (non-hydrogen) atoms. The van der Waals surface area contributed by atoms with E-state index in [-0.39, 0.29) is 0 Å². The molecule has 2 aromatic heterocycles. The Hall–Kier alpha value is -1.38. The molecule has 0 radical (unpaired) electrons. The van der Waals surface area contributed by atoms with Crippen molar-refractivity contribution >= 4 is 5.65 Å². The van der Waals surface area contributed by atoms with Gasteiger partial charge in [-0.05, 0) is 25.5 Å². The van der Waals surface area contributed by atoms with Gasteiger partial charge in [0.2, 0.25) is 0 Å². The molecule has 0 amide bonds. The summed E-state index contributed by atoms with van der Waals surface area (Å²) in [6, 6.07) is 6.15. The lowest BCUT2D eigenvalue weighted by molar-refractivity contribution is 0.842. The highest BCUT2D eigenvalue weighted by molar-refractivity contribution is 5.39. The molecule has 0 N–H and O–H groups in total. The van der Waals surface area contributed by atoms with E-state index < -0.39 is 0 Å². The van der Waals surface area contributed by atoms with Crippen molar-refractivity contribution < 1.29 is 0 Å². The average molecular weight is 175 g/mol. The fraction of sp³-hybridized carbons (Fsp3) is 0.400. The molecule has 0 atom stereocenters. The van der Waals surface area contributed by atoms with Gasteiger partial charge in [-0.2, -0.15) is 0 Å². The lowest BCUT2D eigenvalue weighted by atomic mass is 10.2. The van der Waals surface area contributed by atoms with E-state index in [0.717, 1.165) is 24.3 Å². The van der Waals surface area contributed by atoms with E-state index in [2.05, 4.69) is 27.6 Å². The van der Waals surface area contributed by atoms with Crippen LogP contribution in [0.5, 0.6) is 0 Å². The zero-order valence-electron chi connectivity index (χ0n) is 7.99. The molecule has 2 aromatic rings. The van der Waals surface area contributed by atoms with Crippen molar-refractivity contribution in [3.8, 4) is 0 Å². The van der Waals surface area contributed by atoms with Crippen molar-refractivity contribution in [1.82, 2.24) is 14.6 Å². The summed E-state index contributed by atoms with van der Waals surface area (Å²) in [5.41, 5.74) is 2.24. The molecule has 0 aromatic carbocycles. The minimum atomic E-state index is 0.948. The summed E-state index contributed by atoms with van der Waals surface area (Å²) in [7, 11) is 0. The van der Waals surface area contributed by atoms with Gasteiger partial charge in [-0.25, -0.2) is 0 Å². The van der Waals surface area contributed by atoms with E-state index in [4.69, 9.17) is 0 Å². The Kier molecular flexibility index (Phi) is 2.00. The summed E-state index contributed by atoms with van der Waals surface area (Å²) in [4.78, 5) is 0. The quantitative estimate of drug-likeness (QED) is 0.698. The molecule has 0 saturated carbocycles. The highest BCUT2D eigenvalue weighted by Gasteiger charge is 2.03. The number of fused-ring (bicyclic) bond motifs is 1. The third-order valence-electron chi connectivity index (χ3n) is 2.18. The molecule has 0 aliphatic heterocycles. The first-order valence-corrected chi connectivity index (χ1v) is 4.62. The second kappa shape index (κ2) is 3.17. The molecule has 0 bridgehead atoms. The van der Waals surface area contributed by atoms with Crippen molar-refractivity contribution in [2.24, 2.45) is 0 Å². The van der Waals surface area contributed by atoms with Crippen LogP contribution < -0.4 is 0 Å². The molecule has 0 aliphatic rings. The molecule has 3 nitrogen and oxygen atoms in total. The number of aryl methyl sites for hydroxylation is 2. The molecule has 0 spiro atoms. The van der Waals surface area contributed by atoms with Crippen LogP contribution in [0.2, 0.25) is 0 Å². The van der Waals surface area contributed by atoms with Gasteiger partial charge in [-0.3, -0.25) is 4.40 Å². The molecule has 0 fully saturated rings. The number of hydrogen-bond acceptors (Lipinski definition) is 2. The first kappa shape index (κ1) is 8.23. The number of nitrogens with zero attached hydrogens (tertiary/aromatic N) is 3. The molecular weight excluding hydrogens is 162 g/mol. The Balaban J connectivity index is 2.65. The van der Waals surface area contributed by atoms with Crippen LogP contribution in [0.1, 0.15) is 24.9 Å². The predicted molar refractivity (Wildman–Crippen MR) is 51.7 cm³/mol. The maximum atomic E-state index is 4.07. The first-order valence-electron chi connectivity index (χ1n) is 4.62. The molecule has 3 heteroatoms. The van der Waals surface area contributed by atoms with E-state index in [0.29, 0.717) is 0 Å². The Morgan fingerprint density at radius 1 is 1.31 bits per heavy atom. The van der Waals surface area contributed by atoms with Crippen LogP contribution in [0.3, 0.4) is 0 Å². The maximum Gasteiger partial charge on any atom is 0.160 e. The molecular formula is C10H13N3. The van der Waals surface area contributed by atoms with Crippen LogP contribution in [0.4, 0.5) is 0 Å². The van der Waals surface area contributed by atoms with Gasteiger partial charge in [0.05, 0.1) is 0 Å². The molecule has 2 heterocycles. The summed E-state index contributed by atoms with van der Waals surface area (Å²) in [5, 5.41) is 8.13. The fourth-order valence-electron chi connectivity index (χ4n) is 1.61. The number of pyridine rings is 1. The van der Waals surface area contributed by atoms with E-state index in [9.17, 15) is 0 Å². The van der Waals surface area contributed by atoms with E-state index in [1.807, 2.05) is 19.1 Å². The zero-order chi connectivity index (χ0) is 9.26. The average Bonchev–Trinajstić information content (AvgIpc) is 2.50. The topological polar surface area (TPSA) is 30.2 Å². The molecule has 68 valence electrons. The lowest BCUT2D eigenvalue weighted by Crippen LogP contribution is -1.97. The number of aromatic nitrogens is 3. The number of hydrogen-bond donors (Lipinski definition) is 0. The first-order chi connectivity index (χ1) is 6.33. The van der Waals surface area contributed by atoms with Crippen LogP contribution >= 0.6 is 0 Å². The van der Waals surface area contributed by atoms with Gasteiger partial charge in [0.25, 0.3) is 0 Å². The number of rotatable bonds is 2. The molecule has 0 aliphatic carbocycles. The summed E-state index contributed by atoms with van der Waals surface area (Å²) in [6.45, 7) is 4.16. The minimum absolute atomic E-state index is 0.948. The SMILES string of the molecule is CCCc1cccc2nnc(C)n12. The monoisotopic (exact) mass is 175 g/mol. The third-order valence-corrected chi connectivity index (χ3v) is 2.18. The zero-order valence-corrected chi connectivity index (χ0v) is 7.99. The smallest absolute Gasteiger partial charge is 0.160 e. The van der Waals surface area contributed by atoms with Crippen LogP contribution in [-0.2, 0) is 6.42 Å². The van der Waals surface area contributed by atoms with Crippen LogP contribution in [0, 0.1) is 6.92 Å². The Bertz CT molecular complexity index is 417. The summed E-state index contributed by atoms with van der Waals surface area (Å²) < 4.78 is 2.11. The predicted octanol–water partition coefficient (Wildman–Crippen LogP) is 1.99. The largest absolute Gasteiger partial charge is 0.284 e. The van der Waals surface area contributed by atoms with Gasteiger partial charge >= 0.3 is 0 Å². The third kappa shape index (κ3) is 1.30. The minimum Gasteiger partial charge on any atom is -0.284 e. The van der Waals surface area contributed by atoms with Gasteiger partial charge in [-0.1, -0.05) is 19.4 Å². The van der Waals surface area contributed by atoms with E-state index in [1.165, 1.54) is 5.69 Å². The van der Waals surface area contributed by atoms with Gasteiger partial charge < -0.3 is 0 Å². The molecule has 0 saturated heterocycles. The summed E-state index contributed by atoms with van der Waals surface area (Å²) >= 11 is 0. The normalized spacial score (nSPS) is 10.9. The van der Waals surface area contributed by atoms with Crippen molar-refractivity contribution in [3.05, 3.63) is 29.7 Å². The highest BCUT2D eigenvalue weighted by Crippen LogP contribution is 2.09. The van der Waals surface area contributed by atoms with Crippen molar-refractivity contribution in [2.75, 3.05) is 0 Å². The standard InChI is InChI=1S/C10H13N3/c1-3-5-9-6-4-7-10-12-11-8(2)13(9)10/h4,6-7H,3,5H2,1-2H3. The van der Waals surface area contributed by atoms with Gasteiger partial charge in [0.1, 0.15) is 5.82 Å². The highest BCUT2D eigenvalue weighted by atomic mass is 15.2. The fourth-order valence-corrected chi connectivity index (χ4v) is 1.61. The van der Waals surface area contributed by atoms with Gasteiger partial charge in [0, 0.05) is 5.69 Å². The molecule has 2 rings (SSSR count). The second-order valence-electron chi connectivity index (χ2n) is 3.21. The van der Waals surface area contributed by atoms with Crippen LogP contribution in [0.15, 0.2) is 18.2 Å². The Morgan fingerprint density at radius 3 is 2.92 bits per heavy atom. The Morgan fingerprint density at radius 2 is 2.15 bits per heavy atom. The summed E-state index contributed by atoms with van der Waals surface area (Å²) in [5.74, 6) is 0.971. The molecule has 0 unspecified atom stereocenters. The Labute approximate surface area is 77.4 Å². The van der Waals surface area contributed by atoms with Crippen LogP contribution in [-0.4, -0.2) is 14.6 Å². The maximum absolute atomic E-state index is 4.07. The van der Waals surface area contributed by atoms with Crippen molar-refractivity contribution in [3.63, 3.8) is 0 Å². The van der Waals surface area contributed by atoms with E-state index >= 15 is 0 Å². The van der Waals surface area contributed by atoms with Crippen molar-refractivity contribution in [2.45, 2.75) is 26.7 Å². The van der Waals surface area contributed by atoms with E-state index in [1.54, 1.807) is 0 Å². The van der Waals surface area contributed by atoms with Gasteiger partial charge in [0.15, 0.2) is 5.65 Å². The van der Waals surface area contributed by atoms with Gasteiger partial charge in [-0.15, -0.1) is 10.2 Å². The summed E-state index contributed by atoms with van der Waals surface area (Å²) in [6.07, 6.45) is 2.23. The second-order valence-corrected chi connectivity index (χ2v) is 3.21.